The number of hydrogen-bond acceptors (Lipinski definition) is 6. The van der Waals surface area contributed by atoms with Gasteiger partial charge in [-0.2, -0.15) is 0 Å². The fourth-order valence-corrected chi connectivity index (χ4v) is 3.31. The number of carbonyl (C=O) groups is 2. The number of benzene rings is 1. The van der Waals surface area contributed by atoms with Crippen molar-refractivity contribution >= 4 is 17.6 Å². The lowest BCUT2D eigenvalue weighted by molar-refractivity contribution is -0.136. The van der Waals surface area contributed by atoms with Gasteiger partial charge in [-0.3, -0.25) is 14.9 Å². The van der Waals surface area contributed by atoms with Crippen LogP contribution in [-0.4, -0.2) is 43.8 Å². The zero-order chi connectivity index (χ0) is 19.3. The van der Waals surface area contributed by atoms with Crippen LogP contribution >= 0.6 is 0 Å². The summed E-state index contributed by atoms with van der Waals surface area (Å²) in [6.45, 7) is 3.17. The molecule has 0 atom stereocenters. The Morgan fingerprint density at radius 3 is 2.63 bits per heavy atom. The topological polar surface area (TPSA) is 103 Å². The standard InChI is InChI=1S/C19H23N3O5/c1-13-11-16(22-27-13)21-18(24)17(23)20-12-19(7-9-26-10-8-19)14-5-3-4-6-15(14)25-2/h3-6,11H,7-10,12H2,1-2H3,(H,20,23)(H,21,22,24). The van der Waals surface area contributed by atoms with E-state index in [0.717, 1.165) is 24.2 Å². The Kier molecular flexibility index (Phi) is 5.75. The van der Waals surface area contributed by atoms with Gasteiger partial charge in [0.15, 0.2) is 5.82 Å². The summed E-state index contributed by atoms with van der Waals surface area (Å²) in [5, 5.41) is 8.82. The second-order valence-electron chi connectivity index (χ2n) is 6.55. The van der Waals surface area contributed by atoms with E-state index in [4.69, 9.17) is 14.0 Å². The Morgan fingerprint density at radius 2 is 1.96 bits per heavy atom. The van der Waals surface area contributed by atoms with Gasteiger partial charge in [-0.25, -0.2) is 0 Å². The second kappa shape index (κ2) is 8.22. The molecular weight excluding hydrogens is 350 g/mol. The van der Waals surface area contributed by atoms with Gasteiger partial charge < -0.3 is 19.3 Å². The van der Waals surface area contributed by atoms with Crippen LogP contribution in [0.2, 0.25) is 0 Å². The molecule has 3 rings (SSSR count). The van der Waals surface area contributed by atoms with Crippen LogP contribution in [0.4, 0.5) is 5.82 Å². The van der Waals surface area contributed by atoms with Crippen molar-refractivity contribution in [2.45, 2.75) is 25.2 Å². The maximum Gasteiger partial charge on any atom is 0.314 e. The minimum absolute atomic E-state index is 0.207. The number of ether oxygens (including phenoxy) is 2. The lowest BCUT2D eigenvalue weighted by Gasteiger charge is -2.38. The smallest absolute Gasteiger partial charge is 0.314 e. The molecule has 2 aromatic rings. The maximum absolute atomic E-state index is 12.3. The largest absolute Gasteiger partial charge is 0.496 e. The molecule has 2 heterocycles. The van der Waals surface area contributed by atoms with E-state index in [1.807, 2.05) is 24.3 Å². The van der Waals surface area contributed by atoms with Crippen LogP contribution in [0.5, 0.6) is 5.75 Å². The molecule has 2 N–H and O–H groups in total. The van der Waals surface area contributed by atoms with Crippen molar-refractivity contribution in [3.8, 4) is 5.75 Å². The maximum atomic E-state index is 12.3. The summed E-state index contributed by atoms with van der Waals surface area (Å²) >= 11 is 0. The molecule has 1 aromatic heterocycles. The summed E-state index contributed by atoms with van der Waals surface area (Å²) < 4.78 is 15.9. The molecule has 0 radical (unpaired) electrons. The van der Waals surface area contributed by atoms with E-state index in [2.05, 4.69) is 15.8 Å². The summed E-state index contributed by atoms with van der Waals surface area (Å²) in [7, 11) is 1.62. The van der Waals surface area contributed by atoms with E-state index in [1.54, 1.807) is 20.1 Å². The molecule has 2 amide bonds. The fourth-order valence-electron chi connectivity index (χ4n) is 3.31. The van der Waals surface area contributed by atoms with E-state index >= 15 is 0 Å². The first-order valence-corrected chi connectivity index (χ1v) is 8.78. The van der Waals surface area contributed by atoms with Crippen LogP contribution in [0.25, 0.3) is 0 Å². The minimum atomic E-state index is -0.787. The first-order valence-electron chi connectivity index (χ1n) is 8.78. The summed E-state index contributed by atoms with van der Waals surface area (Å²) in [6, 6.07) is 9.28. The average Bonchev–Trinajstić information content (AvgIpc) is 3.11. The number of nitrogens with zero attached hydrogens (tertiary/aromatic N) is 1. The van der Waals surface area contributed by atoms with Crippen LogP contribution in [0, 0.1) is 6.92 Å². The van der Waals surface area contributed by atoms with Gasteiger partial charge in [0.2, 0.25) is 0 Å². The van der Waals surface area contributed by atoms with E-state index in [9.17, 15) is 9.59 Å². The highest BCUT2D eigenvalue weighted by Gasteiger charge is 2.37. The van der Waals surface area contributed by atoms with E-state index < -0.39 is 11.8 Å². The van der Waals surface area contributed by atoms with Gasteiger partial charge in [-0.15, -0.1) is 0 Å². The zero-order valence-electron chi connectivity index (χ0n) is 15.4. The highest BCUT2D eigenvalue weighted by Crippen LogP contribution is 2.39. The number of anilines is 1. The molecule has 27 heavy (non-hydrogen) atoms. The Balaban J connectivity index is 1.71. The summed E-state index contributed by atoms with van der Waals surface area (Å²) in [4.78, 5) is 24.4. The molecule has 8 heteroatoms. The van der Waals surface area contributed by atoms with Crippen molar-refractivity contribution in [3.05, 3.63) is 41.7 Å². The number of nitrogens with one attached hydrogen (secondary N) is 2. The van der Waals surface area contributed by atoms with Crippen LogP contribution in [-0.2, 0) is 19.7 Å². The minimum Gasteiger partial charge on any atom is -0.496 e. The Morgan fingerprint density at radius 1 is 1.22 bits per heavy atom. The molecule has 0 bridgehead atoms. The van der Waals surface area contributed by atoms with Gasteiger partial charge >= 0.3 is 11.8 Å². The number of methoxy groups -OCH3 is 1. The fraction of sp³-hybridized carbons (Fsp3) is 0.421. The number of amides is 2. The molecule has 0 aliphatic carbocycles. The molecule has 0 saturated carbocycles. The Bertz CT molecular complexity index is 811. The van der Waals surface area contributed by atoms with Crippen molar-refractivity contribution in [1.82, 2.24) is 10.5 Å². The lowest BCUT2D eigenvalue weighted by Crippen LogP contribution is -2.47. The first kappa shape index (κ1) is 18.9. The Labute approximate surface area is 157 Å². The number of rotatable bonds is 5. The average molecular weight is 373 g/mol. The monoisotopic (exact) mass is 373 g/mol. The lowest BCUT2D eigenvalue weighted by atomic mass is 9.73. The van der Waals surface area contributed by atoms with Gasteiger partial charge in [0, 0.05) is 36.8 Å². The van der Waals surface area contributed by atoms with Crippen LogP contribution in [0.3, 0.4) is 0 Å². The van der Waals surface area contributed by atoms with Crippen LogP contribution < -0.4 is 15.4 Å². The third-order valence-corrected chi connectivity index (χ3v) is 4.79. The van der Waals surface area contributed by atoms with Gasteiger partial charge in [0.25, 0.3) is 0 Å². The molecule has 0 unspecified atom stereocenters. The van der Waals surface area contributed by atoms with Gasteiger partial charge in [0.05, 0.1) is 7.11 Å². The molecule has 1 aliphatic heterocycles. The number of aromatic nitrogens is 1. The third kappa shape index (κ3) is 4.28. The molecule has 1 aromatic carbocycles. The van der Waals surface area contributed by atoms with Crippen LogP contribution in [0.1, 0.15) is 24.2 Å². The predicted molar refractivity (Wildman–Crippen MR) is 97.6 cm³/mol. The van der Waals surface area contributed by atoms with Crippen molar-refractivity contribution < 1.29 is 23.6 Å². The van der Waals surface area contributed by atoms with Crippen molar-refractivity contribution in [3.63, 3.8) is 0 Å². The summed E-state index contributed by atoms with van der Waals surface area (Å²) in [6.07, 6.45) is 1.44. The Hall–Kier alpha value is -2.87. The molecule has 8 nitrogen and oxygen atoms in total. The second-order valence-corrected chi connectivity index (χ2v) is 6.55. The SMILES string of the molecule is COc1ccccc1C1(CNC(=O)C(=O)Nc2cc(C)on2)CCOCC1. The van der Waals surface area contributed by atoms with Gasteiger partial charge in [-0.1, -0.05) is 23.4 Å². The molecule has 1 fully saturated rings. The summed E-state index contributed by atoms with van der Waals surface area (Å²) in [5.74, 6) is -0.000626. The summed E-state index contributed by atoms with van der Waals surface area (Å²) in [5.41, 5.74) is 0.647. The van der Waals surface area contributed by atoms with Crippen molar-refractivity contribution in [2.24, 2.45) is 0 Å². The third-order valence-electron chi connectivity index (χ3n) is 4.79. The van der Waals surface area contributed by atoms with E-state index in [1.165, 1.54) is 0 Å². The van der Waals surface area contributed by atoms with Crippen LogP contribution in [0.15, 0.2) is 34.9 Å². The molecule has 1 aliphatic rings. The quantitative estimate of drug-likeness (QED) is 0.775. The first-order chi connectivity index (χ1) is 13.0. The molecule has 144 valence electrons. The van der Waals surface area contributed by atoms with Crippen molar-refractivity contribution in [1.29, 1.82) is 0 Å². The molecule has 1 saturated heterocycles. The predicted octanol–water partition coefficient (Wildman–Crippen LogP) is 1.79. The highest BCUT2D eigenvalue weighted by molar-refractivity contribution is 6.39. The number of hydrogen-bond donors (Lipinski definition) is 2. The van der Waals surface area contributed by atoms with Crippen molar-refractivity contribution in [2.75, 3.05) is 32.2 Å². The van der Waals surface area contributed by atoms with Gasteiger partial charge in [-0.05, 0) is 25.8 Å². The van der Waals surface area contributed by atoms with E-state index in [-0.39, 0.29) is 11.2 Å². The normalized spacial score (nSPS) is 15.8. The highest BCUT2D eigenvalue weighted by atomic mass is 16.5. The van der Waals surface area contributed by atoms with Gasteiger partial charge in [0.1, 0.15) is 11.5 Å². The molecular formula is C19H23N3O5. The number of aryl methyl sites for hydroxylation is 1. The number of para-hydroxylation sites is 1. The van der Waals surface area contributed by atoms with E-state index in [0.29, 0.717) is 25.5 Å². The number of carbonyl (C=O) groups excluding carboxylic acids is 2. The zero-order valence-corrected chi connectivity index (χ0v) is 15.4. The molecule has 0 spiro atoms.